The van der Waals surface area contributed by atoms with Crippen LogP contribution in [0, 0.1) is 5.82 Å². The van der Waals surface area contributed by atoms with Crippen LogP contribution in [0.4, 0.5) is 36.3 Å². The molecule has 0 spiro atoms. The minimum atomic E-state index is -3.61. The summed E-state index contributed by atoms with van der Waals surface area (Å²) in [5.74, 6) is -6.16. The molecular formula is C28H34F3N7O4. The van der Waals surface area contributed by atoms with Crippen molar-refractivity contribution in [2.75, 3.05) is 48.9 Å². The van der Waals surface area contributed by atoms with Gasteiger partial charge in [-0.1, -0.05) is 19.8 Å². The van der Waals surface area contributed by atoms with Crippen LogP contribution >= 0.6 is 0 Å². The summed E-state index contributed by atoms with van der Waals surface area (Å²) >= 11 is 0. The van der Waals surface area contributed by atoms with Crippen LogP contribution < -0.4 is 25.2 Å². The number of likely N-dealkylation sites (tertiary alicyclic amines) is 1. The molecule has 3 amide bonds. The van der Waals surface area contributed by atoms with Gasteiger partial charge in [0, 0.05) is 44.7 Å². The monoisotopic (exact) mass is 589 g/mol. The Morgan fingerprint density at radius 3 is 2.62 bits per heavy atom. The fourth-order valence-electron chi connectivity index (χ4n) is 5.81. The van der Waals surface area contributed by atoms with E-state index in [0.29, 0.717) is 38.8 Å². The highest BCUT2D eigenvalue weighted by Gasteiger charge is 2.48. The third kappa shape index (κ3) is 5.66. The number of halogens is 3. The van der Waals surface area contributed by atoms with Crippen LogP contribution in [0.5, 0.6) is 5.75 Å². The smallest absolute Gasteiger partial charge is 0.342 e. The van der Waals surface area contributed by atoms with Gasteiger partial charge in [-0.3, -0.25) is 14.4 Å². The van der Waals surface area contributed by atoms with Gasteiger partial charge in [-0.15, -0.1) is 0 Å². The van der Waals surface area contributed by atoms with E-state index < -0.39 is 30.1 Å². The molecule has 2 aliphatic heterocycles. The van der Waals surface area contributed by atoms with Crippen molar-refractivity contribution in [3.05, 3.63) is 29.7 Å². The van der Waals surface area contributed by atoms with Crippen molar-refractivity contribution in [1.29, 1.82) is 0 Å². The summed E-state index contributed by atoms with van der Waals surface area (Å²) in [6.07, 6.45) is 5.37. The number of rotatable bonds is 7. The lowest BCUT2D eigenvalue weighted by atomic mass is 10.1. The Morgan fingerprint density at radius 1 is 1.19 bits per heavy atom. The molecule has 2 aromatic rings. The Labute approximate surface area is 241 Å². The average molecular weight is 590 g/mol. The van der Waals surface area contributed by atoms with Gasteiger partial charge in [0.05, 0.1) is 31.1 Å². The van der Waals surface area contributed by atoms with Gasteiger partial charge in [0.1, 0.15) is 17.3 Å². The first-order valence-corrected chi connectivity index (χ1v) is 14.0. The molecule has 1 aromatic carbocycles. The van der Waals surface area contributed by atoms with Crippen LogP contribution in [0.1, 0.15) is 55.8 Å². The number of fused-ring (bicyclic) bond motifs is 1. The number of hydrogen-bond donors (Lipinski definition) is 2. The van der Waals surface area contributed by atoms with Gasteiger partial charge < -0.3 is 30.1 Å². The number of nitrogens with one attached hydrogen (secondary N) is 2. The van der Waals surface area contributed by atoms with E-state index in [9.17, 15) is 23.2 Å². The van der Waals surface area contributed by atoms with Crippen LogP contribution in [0.25, 0.3) is 0 Å². The van der Waals surface area contributed by atoms with E-state index in [-0.39, 0.29) is 52.4 Å². The number of nitrogens with zero attached hydrogens (tertiary/aromatic N) is 5. The number of alkyl halides is 2. The van der Waals surface area contributed by atoms with E-state index in [0.717, 1.165) is 23.8 Å². The Bertz CT molecular complexity index is 1390. The van der Waals surface area contributed by atoms with Crippen molar-refractivity contribution in [1.82, 2.24) is 20.2 Å². The van der Waals surface area contributed by atoms with Gasteiger partial charge in [0.25, 0.3) is 11.8 Å². The molecule has 11 nitrogen and oxygen atoms in total. The highest BCUT2D eigenvalue weighted by atomic mass is 19.3. The topological polar surface area (TPSA) is 120 Å². The molecule has 1 atom stereocenters. The maximum Gasteiger partial charge on any atom is 0.342 e. The standard InChI is InChI=1S/C28H34F3N7O4/c1-4-23(39)37-10-9-16(14-37)33-25(40)18-11-22(42-3)20(12-19(18)29)34-27-32-13-21-24(35-27)38(17-7-5-6-8-17)15-28(30,31)26(41)36(21)2/h11-13,16-17H,4-10,14-15H2,1-3H3,(H,33,40)(H,32,34,35)/t16-/m0/s1. The van der Waals surface area contributed by atoms with Crippen LogP contribution in [0.15, 0.2) is 18.3 Å². The first-order valence-electron chi connectivity index (χ1n) is 14.0. The van der Waals surface area contributed by atoms with Crippen LogP contribution in [-0.2, 0) is 9.59 Å². The van der Waals surface area contributed by atoms with E-state index >= 15 is 4.39 Å². The van der Waals surface area contributed by atoms with Gasteiger partial charge in [-0.05, 0) is 25.3 Å². The van der Waals surface area contributed by atoms with E-state index in [2.05, 4.69) is 20.6 Å². The third-order valence-corrected chi connectivity index (χ3v) is 8.09. The molecule has 1 aliphatic carbocycles. The van der Waals surface area contributed by atoms with Gasteiger partial charge >= 0.3 is 5.92 Å². The summed E-state index contributed by atoms with van der Waals surface area (Å²) in [4.78, 5) is 50.1. The molecule has 1 aromatic heterocycles. The van der Waals surface area contributed by atoms with Crippen LogP contribution in [0.3, 0.4) is 0 Å². The average Bonchev–Trinajstić information content (AvgIpc) is 3.66. The molecule has 1 saturated heterocycles. The third-order valence-electron chi connectivity index (χ3n) is 8.09. The molecule has 0 bridgehead atoms. The zero-order chi connectivity index (χ0) is 30.2. The van der Waals surface area contributed by atoms with Crippen LogP contribution in [-0.4, -0.2) is 84.4 Å². The van der Waals surface area contributed by atoms with Gasteiger partial charge in [0.2, 0.25) is 11.9 Å². The normalized spacial score (nSPS) is 20.4. The maximum atomic E-state index is 15.2. The first kappa shape index (κ1) is 29.4. The number of aromatic nitrogens is 2. The summed E-state index contributed by atoms with van der Waals surface area (Å²) in [6.45, 7) is 1.84. The molecular weight excluding hydrogens is 555 g/mol. The largest absolute Gasteiger partial charge is 0.495 e. The zero-order valence-corrected chi connectivity index (χ0v) is 23.8. The van der Waals surface area contributed by atoms with Gasteiger partial charge in [-0.25, -0.2) is 9.37 Å². The molecule has 226 valence electrons. The lowest BCUT2D eigenvalue weighted by Gasteiger charge is -2.31. The number of carbonyl (C=O) groups excluding carboxylic acids is 3. The SMILES string of the molecule is CCC(=O)N1CC[C@H](NC(=O)c2cc(OC)c(Nc3ncc4c(n3)N(C3CCCC3)CC(F)(F)C(=O)N4C)cc2F)C1. The number of anilines is 4. The van der Waals surface area contributed by atoms with Crippen molar-refractivity contribution in [3.8, 4) is 5.75 Å². The highest BCUT2D eigenvalue weighted by molar-refractivity contribution is 6.02. The first-order chi connectivity index (χ1) is 20.0. The number of methoxy groups -OCH3 is 1. The predicted molar refractivity (Wildman–Crippen MR) is 149 cm³/mol. The predicted octanol–water partition coefficient (Wildman–Crippen LogP) is 3.47. The summed E-state index contributed by atoms with van der Waals surface area (Å²) in [6, 6.07) is 1.80. The quantitative estimate of drug-likeness (QED) is 0.504. The number of amides is 3. The summed E-state index contributed by atoms with van der Waals surface area (Å²) in [5.41, 5.74) is 0.0177. The molecule has 1 saturated carbocycles. The number of benzene rings is 1. The van der Waals surface area contributed by atoms with Crippen molar-refractivity contribution in [2.45, 2.75) is 63.5 Å². The minimum absolute atomic E-state index is 0.00614. The molecule has 2 fully saturated rings. The maximum absolute atomic E-state index is 15.2. The number of hydrogen-bond acceptors (Lipinski definition) is 8. The van der Waals surface area contributed by atoms with E-state index in [1.165, 1.54) is 31.3 Å². The van der Waals surface area contributed by atoms with E-state index in [1.807, 2.05) is 0 Å². The fraction of sp³-hybridized carbons (Fsp3) is 0.536. The number of ether oxygens (including phenoxy) is 1. The molecule has 5 rings (SSSR count). The fourth-order valence-corrected chi connectivity index (χ4v) is 5.81. The summed E-state index contributed by atoms with van der Waals surface area (Å²) < 4.78 is 50.4. The van der Waals surface area contributed by atoms with Crippen LogP contribution in [0.2, 0.25) is 0 Å². The van der Waals surface area contributed by atoms with Gasteiger partial charge in [-0.2, -0.15) is 13.8 Å². The Hall–Kier alpha value is -4.10. The van der Waals surface area contributed by atoms with Crippen molar-refractivity contribution >= 4 is 40.9 Å². The van der Waals surface area contributed by atoms with Crippen molar-refractivity contribution in [3.63, 3.8) is 0 Å². The molecule has 0 radical (unpaired) electrons. The lowest BCUT2D eigenvalue weighted by Crippen LogP contribution is -2.48. The second-order valence-corrected chi connectivity index (χ2v) is 10.8. The molecule has 42 heavy (non-hydrogen) atoms. The minimum Gasteiger partial charge on any atom is -0.495 e. The summed E-state index contributed by atoms with van der Waals surface area (Å²) in [5, 5.41) is 5.65. The molecule has 14 heteroatoms. The van der Waals surface area contributed by atoms with Crippen molar-refractivity contribution in [2.24, 2.45) is 0 Å². The molecule has 2 N–H and O–H groups in total. The van der Waals surface area contributed by atoms with E-state index in [4.69, 9.17) is 4.74 Å². The van der Waals surface area contributed by atoms with Gasteiger partial charge in [0.15, 0.2) is 5.82 Å². The molecule has 0 unspecified atom stereocenters. The zero-order valence-electron chi connectivity index (χ0n) is 23.8. The highest BCUT2D eigenvalue weighted by Crippen LogP contribution is 2.40. The summed E-state index contributed by atoms with van der Waals surface area (Å²) in [7, 11) is 2.62. The Kier molecular flexibility index (Phi) is 8.15. The Morgan fingerprint density at radius 2 is 1.93 bits per heavy atom. The number of carbonyl (C=O) groups is 3. The lowest BCUT2D eigenvalue weighted by molar-refractivity contribution is -0.140. The van der Waals surface area contributed by atoms with E-state index in [1.54, 1.807) is 11.8 Å². The molecule has 3 aliphatic rings. The second-order valence-electron chi connectivity index (χ2n) is 10.8. The molecule has 3 heterocycles. The Balaban J connectivity index is 1.39. The second kappa shape index (κ2) is 11.6. The van der Waals surface area contributed by atoms with Crippen molar-refractivity contribution < 1.29 is 32.3 Å².